The molecule has 0 heterocycles. The summed E-state index contributed by atoms with van der Waals surface area (Å²) >= 11 is 3.41. The molecule has 1 atom stereocenters. The lowest BCUT2D eigenvalue weighted by Gasteiger charge is -2.15. The maximum absolute atomic E-state index is 5.74. The Bertz CT molecular complexity index is 301. The fourth-order valence-corrected chi connectivity index (χ4v) is 1.53. The summed E-state index contributed by atoms with van der Waals surface area (Å²) in [6.45, 7) is 4.67. The summed E-state index contributed by atoms with van der Waals surface area (Å²) in [5.74, 6) is 0.894. The Morgan fingerprint density at radius 2 is 2.21 bits per heavy atom. The molecule has 0 aliphatic rings. The number of halogens is 1. The molecular formula is C11H16BrNO. The van der Waals surface area contributed by atoms with Gasteiger partial charge in [0.1, 0.15) is 5.75 Å². The van der Waals surface area contributed by atoms with Crippen LogP contribution in [0.5, 0.6) is 5.75 Å². The van der Waals surface area contributed by atoms with Crippen molar-refractivity contribution in [2.75, 3.05) is 0 Å². The van der Waals surface area contributed by atoms with Crippen LogP contribution in [0.3, 0.4) is 0 Å². The molecule has 1 rings (SSSR count). The van der Waals surface area contributed by atoms with Crippen LogP contribution in [-0.2, 0) is 6.54 Å². The van der Waals surface area contributed by atoms with Gasteiger partial charge in [0.25, 0.3) is 0 Å². The minimum absolute atomic E-state index is 0.237. The van der Waals surface area contributed by atoms with Crippen molar-refractivity contribution in [3.8, 4) is 5.75 Å². The van der Waals surface area contributed by atoms with Crippen molar-refractivity contribution in [3.05, 3.63) is 28.2 Å². The Balaban J connectivity index is 2.85. The molecule has 0 saturated carbocycles. The first-order chi connectivity index (χ1) is 6.67. The molecule has 0 fully saturated rings. The second-order valence-corrected chi connectivity index (χ2v) is 4.21. The van der Waals surface area contributed by atoms with E-state index in [-0.39, 0.29) is 6.10 Å². The van der Waals surface area contributed by atoms with Crippen molar-refractivity contribution in [2.24, 2.45) is 5.73 Å². The van der Waals surface area contributed by atoms with E-state index in [1.165, 1.54) is 0 Å². The normalized spacial score (nSPS) is 12.6. The Kier molecular flexibility index (Phi) is 4.42. The van der Waals surface area contributed by atoms with Gasteiger partial charge in [-0.25, -0.2) is 0 Å². The highest BCUT2D eigenvalue weighted by Gasteiger charge is 2.06. The third-order valence-electron chi connectivity index (χ3n) is 2.15. The summed E-state index contributed by atoms with van der Waals surface area (Å²) in [7, 11) is 0. The van der Waals surface area contributed by atoms with Gasteiger partial charge >= 0.3 is 0 Å². The van der Waals surface area contributed by atoms with Crippen LogP contribution < -0.4 is 10.5 Å². The predicted octanol–water partition coefficient (Wildman–Crippen LogP) is 3.09. The largest absolute Gasteiger partial charge is 0.490 e. The summed E-state index contributed by atoms with van der Waals surface area (Å²) in [6.07, 6.45) is 1.24. The van der Waals surface area contributed by atoms with E-state index < -0.39 is 0 Å². The van der Waals surface area contributed by atoms with Crippen LogP contribution in [0.2, 0.25) is 0 Å². The third-order valence-corrected chi connectivity index (χ3v) is 2.64. The van der Waals surface area contributed by atoms with Gasteiger partial charge in [-0.3, -0.25) is 0 Å². The van der Waals surface area contributed by atoms with Crippen molar-refractivity contribution in [3.63, 3.8) is 0 Å². The van der Waals surface area contributed by atoms with Crippen LogP contribution in [0.25, 0.3) is 0 Å². The van der Waals surface area contributed by atoms with Crippen LogP contribution in [0.1, 0.15) is 25.8 Å². The highest BCUT2D eigenvalue weighted by atomic mass is 79.9. The van der Waals surface area contributed by atoms with Crippen LogP contribution in [0.15, 0.2) is 22.7 Å². The van der Waals surface area contributed by atoms with Gasteiger partial charge in [-0.15, -0.1) is 0 Å². The third kappa shape index (κ3) is 3.00. The summed E-state index contributed by atoms with van der Waals surface area (Å²) in [5, 5.41) is 0. The minimum Gasteiger partial charge on any atom is -0.490 e. The van der Waals surface area contributed by atoms with E-state index in [0.29, 0.717) is 6.54 Å². The Labute approximate surface area is 93.6 Å². The number of nitrogens with two attached hydrogens (primary N) is 1. The second-order valence-electron chi connectivity index (χ2n) is 3.29. The zero-order valence-electron chi connectivity index (χ0n) is 8.59. The molecule has 1 unspecified atom stereocenters. The van der Waals surface area contributed by atoms with E-state index in [2.05, 4.69) is 29.8 Å². The minimum atomic E-state index is 0.237. The molecule has 1 aromatic rings. The molecular weight excluding hydrogens is 242 g/mol. The van der Waals surface area contributed by atoms with Gasteiger partial charge in [0, 0.05) is 16.6 Å². The Morgan fingerprint density at radius 1 is 1.50 bits per heavy atom. The first kappa shape index (κ1) is 11.5. The number of hydrogen-bond donors (Lipinski definition) is 1. The molecule has 0 bridgehead atoms. The van der Waals surface area contributed by atoms with Gasteiger partial charge < -0.3 is 10.5 Å². The van der Waals surface area contributed by atoms with Crippen LogP contribution in [0.4, 0.5) is 0 Å². The van der Waals surface area contributed by atoms with Crippen molar-refractivity contribution in [2.45, 2.75) is 32.9 Å². The summed E-state index contributed by atoms with van der Waals surface area (Å²) in [4.78, 5) is 0. The highest BCUT2D eigenvalue weighted by molar-refractivity contribution is 9.10. The molecule has 78 valence electrons. The van der Waals surface area contributed by atoms with E-state index in [4.69, 9.17) is 10.5 Å². The smallest absolute Gasteiger partial charge is 0.124 e. The average Bonchev–Trinajstić information content (AvgIpc) is 2.20. The van der Waals surface area contributed by atoms with Crippen LogP contribution in [0, 0.1) is 0 Å². The predicted molar refractivity (Wildman–Crippen MR) is 62.4 cm³/mol. The Hall–Kier alpha value is -0.540. The Morgan fingerprint density at radius 3 is 2.79 bits per heavy atom. The molecule has 0 aliphatic carbocycles. The molecule has 0 amide bonds. The molecule has 0 aliphatic heterocycles. The van der Waals surface area contributed by atoms with Crippen molar-refractivity contribution in [1.82, 2.24) is 0 Å². The fraction of sp³-hybridized carbons (Fsp3) is 0.455. The van der Waals surface area contributed by atoms with Crippen molar-refractivity contribution >= 4 is 15.9 Å². The summed E-state index contributed by atoms with van der Waals surface area (Å²) in [5.41, 5.74) is 6.68. The molecule has 3 heteroatoms. The van der Waals surface area contributed by atoms with Gasteiger partial charge in [-0.05, 0) is 31.5 Å². The number of ether oxygens (including phenoxy) is 1. The monoisotopic (exact) mass is 257 g/mol. The molecule has 0 aromatic heterocycles. The number of rotatable bonds is 4. The zero-order chi connectivity index (χ0) is 10.6. The van der Waals surface area contributed by atoms with Crippen molar-refractivity contribution < 1.29 is 4.74 Å². The lowest BCUT2D eigenvalue weighted by Crippen LogP contribution is -2.12. The van der Waals surface area contributed by atoms with E-state index in [0.717, 1.165) is 22.2 Å². The lowest BCUT2D eigenvalue weighted by atomic mass is 10.2. The van der Waals surface area contributed by atoms with Crippen LogP contribution in [-0.4, -0.2) is 6.10 Å². The summed E-state index contributed by atoms with van der Waals surface area (Å²) in [6, 6.07) is 5.92. The first-order valence-corrected chi connectivity index (χ1v) is 5.61. The molecule has 14 heavy (non-hydrogen) atoms. The number of benzene rings is 1. The maximum Gasteiger partial charge on any atom is 0.124 e. The molecule has 1 aromatic carbocycles. The van der Waals surface area contributed by atoms with Crippen molar-refractivity contribution in [1.29, 1.82) is 0 Å². The fourth-order valence-electron chi connectivity index (χ4n) is 1.12. The van der Waals surface area contributed by atoms with Gasteiger partial charge in [0.2, 0.25) is 0 Å². The second kappa shape index (κ2) is 5.37. The molecule has 2 N–H and O–H groups in total. The van der Waals surface area contributed by atoms with Gasteiger partial charge in [0.05, 0.1) is 6.10 Å². The lowest BCUT2D eigenvalue weighted by molar-refractivity contribution is 0.215. The molecule has 0 radical (unpaired) electrons. The standard InChI is InChI=1S/C11H16BrNO/c1-3-8(2)14-11-5-4-10(12)6-9(11)7-13/h4-6,8H,3,7,13H2,1-2H3. The average molecular weight is 258 g/mol. The highest BCUT2D eigenvalue weighted by Crippen LogP contribution is 2.24. The van der Waals surface area contributed by atoms with Crippen LogP contribution >= 0.6 is 15.9 Å². The molecule has 0 saturated heterocycles. The van der Waals surface area contributed by atoms with E-state index in [9.17, 15) is 0 Å². The van der Waals surface area contributed by atoms with E-state index in [1.807, 2.05) is 18.2 Å². The topological polar surface area (TPSA) is 35.2 Å². The summed E-state index contributed by atoms with van der Waals surface area (Å²) < 4.78 is 6.78. The van der Waals surface area contributed by atoms with E-state index >= 15 is 0 Å². The van der Waals surface area contributed by atoms with Gasteiger partial charge in [0.15, 0.2) is 0 Å². The zero-order valence-corrected chi connectivity index (χ0v) is 10.2. The van der Waals surface area contributed by atoms with E-state index in [1.54, 1.807) is 0 Å². The number of hydrogen-bond acceptors (Lipinski definition) is 2. The van der Waals surface area contributed by atoms with Gasteiger partial charge in [-0.2, -0.15) is 0 Å². The van der Waals surface area contributed by atoms with Gasteiger partial charge in [-0.1, -0.05) is 22.9 Å². The maximum atomic E-state index is 5.74. The molecule has 2 nitrogen and oxygen atoms in total. The molecule has 0 spiro atoms. The SMILES string of the molecule is CCC(C)Oc1ccc(Br)cc1CN. The first-order valence-electron chi connectivity index (χ1n) is 4.82. The quantitative estimate of drug-likeness (QED) is 0.900.